The van der Waals surface area contributed by atoms with E-state index >= 15 is 0 Å². The Morgan fingerprint density at radius 2 is 1.50 bits per heavy atom. The van der Waals surface area contributed by atoms with Crippen LogP contribution >= 0.6 is 22.6 Å². The average Bonchev–Trinajstić information content (AvgIpc) is 2.06. The molecule has 0 aliphatic heterocycles. The molecule has 14 heavy (non-hydrogen) atoms. The van der Waals surface area contributed by atoms with E-state index in [1.807, 2.05) is 0 Å². The molecule has 0 saturated heterocycles. The molecular formula is C9H13ArBIO2. The zero-order valence-corrected chi connectivity index (χ0v) is 11.0. The first-order valence-corrected chi connectivity index (χ1v) is 5.05. The summed E-state index contributed by atoms with van der Waals surface area (Å²) < 4.78 is 1.31. The van der Waals surface area contributed by atoms with Gasteiger partial charge in [-0.05, 0) is 46.2 Å². The van der Waals surface area contributed by atoms with Crippen molar-refractivity contribution in [3.63, 3.8) is 0 Å². The Labute approximate surface area is 130 Å². The summed E-state index contributed by atoms with van der Waals surface area (Å²) in [6.45, 7) is 4.42. The van der Waals surface area contributed by atoms with Crippen molar-refractivity contribution in [2.24, 2.45) is 0 Å². The van der Waals surface area contributed by atoms with Gasteiger partial charge in [-0.25, -0.2) is 0 Å². The quantitative estimate of drug-likeness (QED) is 0.610. The SMILES string of the molecule is CC(C)c1ccc(I)cc1.O[B]O.[Ar]. The Balaban J connectivity index is 0. The number of benzene rings is 1. The molecule has 0 saturated carbocycles. The molecule has 1 radical (unpaired) electrons. The third-order valence-electron chi connectivity index (χ3n) is 1.54. The van der Waals surface area contributed by atoms with Gasteiger partial charge < -0.3 is 10.0 Å². The molecule has 0 amide bonds. The molecule has 0 atom stereocenters. The molecule has 0 unspecified atom stereocenters. The molecule has 79 valence electrons. The summed E-state index contributed by atoms with van der Waals surface area (Å²) in [6, 6.07) is 8.67. The predicted molar refractivity (Wildman–Crippen MR) is 63.4 cm³/mol. The maximum Gasteiger partial charge on any atom is 0.482 e. The van der Waals surface area contributed by atoms with Crippen LogP contribution in [0.4, 0.5) is 0 Å². The molecule has 1 rings (SSSR count). The van der Waals surface area contributed by atoms with E-state index in [9.17, 15) is 0 Å². The maximum absolute atomic E-state index is 7.00. The van der Waals surface area contributed by atoms with Gasteiger partial charge in [0.15, 0.2) is 0 Å². The monoisotopic (exact) mass is 331 g/mol. The summed E-state index contributed by atoms with van der Waals surface area (Å²) >= 11 is 2.32. The molecule has 0 aliphatic carbocycles. The first-order valence-electron chi connectivity index (χ1n) is 3.97. The van der Waals surface area contributed by atoms with E-state index < -0.39 is 0 Å². The van der Waals surface area contributed by atoms with Crippen LogP contribution in [0, 0.1) is 41.3 Å². The van der Waals surface area contributed by atoms with Gasteiger partial charge in [-0.2, -0.15) is 0 Å². The van der Waals surface area contributed by atoms with Crippen molar-refractivity contribution >= 4 is 30.3 Å². The van der Waals surface area contributed by atoms with Crippen molar-refractivity contribution in [2.45, 2.75) is 19.8 Å². The molecule has 2 nitrogen and oxygen atoms in total. The number of halogens is 1. The van der Waals surface area contributed by atoms with Crippen LogP contribution in [0.25, 0.3) is 0 Å². The molecule has 0 bridgehead atoms. The van der Waals surface area contributed by atoms with Crippen LogP contribution in [0.2, 0.25) is 0 Å². The van der Waals surface area contributed by atoms with E-state index in [1.54, 1.807) is 0 Å². The summed E-state index contributed by atoms with van der Waals surface area (Å²) in [5.41, 5.74) is 1.42. The maximum atomic E-state index is 7.00. The second-order valence-electron chi connectivity index (χ2n) is 2.82. The zero-order chi connectivity index (χ0) is 10.3. The van der Waals surface area contributed by atoms with Crippen LogP contribution in [0.3, 0.4) is 0 Å². The molecule has 5 heteroatoms. The van der Waals surface area contributed by atoms with Crippen molar-refractivity contribution in [3.8, 4) is 0 Å². The van der Waals surface area contributed by atoms with Crippen LogP contribution in [0.1, 0.15) is 25.3 Å². The fourth-order valence-corrected chi connectivity index (χ4v) is 1.21. The molecule has 0 heterocycles. The largest absolute Gasteiger partial charge is 0.482 e. The van der Waals surface area contributed by atoms with Gasteiger partial charge >= 0.3 is 7.69 Å². The summed E-state index contributed by atoms with van der Waals surface area (Å²) in [7, 11) is 0. The molecular weight excluding hydrogens is 318 g/mol. The molecule has 1 aromatic carbocycles. The summed E-state index contributed by atoms with van der Waals surface area (Å²) in [5.74, 6) is 0.650. The van der Waals surface area contributed by atoms with Gasteiger partial charge in [0.05, 0.1) is 0 Å². The minimum absolute atomic E-state index is 0. The van der Waals surface area contributed by atoms with Crippen LogP contribution in [-0.2, 0) is 0 Å². The van der Waals surface area contributed by atoms with Gasteiger partial charge in [0, 0.05) is 41.3 Å². The Morgan fingerprint density at radius 3 is 1.79 bits per heavy atom. The normalized spacial score (nSPS) is 8.43. The van der Waals surface area contributed by atoms with Gasteiger partial charge in [-0.15, -0.1) is 0 Å². The third kappa shape index (κ3) is 8.50. The van der Waals surface area contributed by atoms with Crippen molar-refractivity contribution in [1.29, 1.82) is 0 Å². The van der Waals surface area contributed by atoms with Crippen molar-refractivity contribution in [1.82, 2.24) is 0 Å². The van der Waals surface area contributed by atoms with E-state index in [2.05, 4.69) is 60.7 Å². The first kappa shape index (κ1) is 17.6. The molecule has 0 aromatic heterocycles. The minimum Gasteiger partial charge on any atom is -0.429 e. The van der Waals surface area contributed by atoms with E-state index in [-0.39, 0.29) is 45.4 Å². The fourth-order valence-electron chi connectivity index (χ4n) is 0.848. The summed E-state index contributed by atoms with van der Waals surface area (Å²) in [5, 5.41) is 14.0. The summed E-state index contributed by atoms with van der Waals surface area (Å²) in [4.78, 5) is 0. The van der Waals surface area contributed by atoms with Crippen molar-refractivity contribution in [3.05, 3.63) is 33.4 Å². The first-order chi connectivity index (χ1) is 6.11. The molecule has 2 N–H and O–H groups in total. The molecule has 0 fully saturated rings. The van der Waals surface area contributed by atoms with Gasteiger partial charge in [-0.3, -0.25) is 0 Å². The molecule has 0 aliphatic rings. The van der Waals surface area contributed by atoms with E-state index in [0.29, 0.717) is 5.92 Å². The second-order valence-corrected chi connectivity index (χ2v) is 4.07. The van der Waals surface area contributed by atoms with Crippen LogP contribution in [0.5, 0.6) is 0 Å². The molecule has 0 spiro atoms. The summed E-state index contributed by atoms with van der Waals surface area (Å²) in [6.07, 6.45) is 0. The van der Waals surface area contributed by atoms with Crippen LogP contribution in [0.15, 0.2) is 24.3 Å². The number of rotatable bonds is 1. The number of hydrogen-bond donors (Lipinski definition) is 2. The van der Waals surface area contributed by atoms with Gasteiger partial charge in [0.2, 0.25) is 0 Å². The predicted octanol–water partition coefficient (Wildman–Crippen LogP) is 1.92. The standard InChI is InChI=1S/C9H11I.Ar.BH2O2/c1-7(2)8-3-5-9(10)6-4-8;;2-1-3/h3-7H,1-2H3;;2-3H. The Morgan fingerprint density at radius 1 is 1.14 bits per heavy atom. The minimum atomic E-state index is 0. The van der Waals surface area contributed by atoms with E-state index in [0.717, 1.165) is 0 Å². The average molecular weight is 331 g/mol. The zero-order valence-electron chi connectivity index (χ0n) is 8.09. The topological polar surface area (TPSA) is 40.5 Å². The van der Waals surface area contributed by atoms with Crippen LogP contribution < -0.4 is 0 Å². The van der Waals surface area contributed by atoms with Crippen molar-refractivity contribution in [2.75, 3.05) is 0 Å². The smallest absolute Gasteiger partial charge is 0.429 e. The van der Waals surface area contributed by atoms with Crippen LogP contribution in [-0.4, -0.2) is 17.7 Å². The van der Waals surface area contributed by atoms with Gasteiger partial charge in [0.25, 0.3) is 0 Å². The fraction of sp³-hybridized carbons (Fsp3) is 0.333. The van der Waals surface area contributed by atoms with E-state index in [4.69, 9.17) is 10.0 Å². The third-order valence-corrected chi connectivity index (χ3v) is 2.26. The van der Waals surface area contributed by atoms with Gasteiger partial charge in [-0.1, -0.05) is 26.0 Å². The second kappa shape index (κ2) is 10.7. The Kier molecular flexibility index (Phi) is 13.4. The van der Waals surface area contributed by atoms with Gasteiger partial charge in [0.1, 0.15) is 0 Å². The number of hydrogen-bond acceptors (Lipinski definition) is 2. The van der Waals surface area contributed by atoms with E-state index in [1.165, 1.54) is 9.13 Å². The Bertz CT molecular complexity index is 229. The molecule has 1 aromatic rings. The van der Waals surface area contributed by atoms with Crippen molar-refractivity contribution < 1.29 is 47.8 Å². The Hall–Kier alpha value is 1.19.